The van der Waals surface area contributed by atoms with Crippen LogP contribution in [0.1, 0.15) is 42.1 Å². The zero-order valence-corrected chi connectivity index (χ0v) is 8.25. The standard InChI is InChI=1S/C10H14N2O2/c1-7-6-11-10(14-7)9(13)12-8-4-2-3-5-8/h6,8H,2-5H2,1H3,(H,12,13). The number of amides is 1. The molecule has 2 rings (SSSR count). The van der Waals surface area contributed by atoms with E-state index in [-0.39, 0.29) is 11.8 Å². The van der Waals surface area contributed by atoms with Crippen molar-refractivity contribution in [2.24, 2.45) is 0 Å². The van der Waals surface area contributed by atoms with E-state index in [1.54, 1.807) is 13.1 Å². The molecule has 0 bridgehead atoms. The third-order valence-corrected chi connectivity index (χ3v) is 2.51. The van der Waals surface area contributed by atoms with Gasteiger partial charge in [-0.1, -0.05) is 12.8 Å². The highest BCUT2D eigenvalue weighted by molar-refractivity contribution is 5.89. The number of nitrogens with zero attached hydrogens (tertiary/aromatic N) is 1. The van der Waals surface area contributed by atoms with E-state index in [1.165, 1.54) is 12.8 Å². The molecule has 1 aromatic rings. The second-order valence-corrected chi connectivity index (χ2v) is 3.73. The number of oxazole rings is 1. The molecular formula is C10H14N2O2. The average molecular weight is 194 g/mol. The van der Waals surface area contributed by atoms with Gasteiger partial charge in [0.2, 0.25) is 0 Å². The van der Waals surface area contributed by atoms with Crippen molar-refractivity contribution in [2.45, 2.75) is 38.6 Å². The predicted molar refractivity (Wildman–Crippen MR) is 51.0 cm³/mol. The van der Waals surface area contributed by atoms with E-state index in [2.05, 4.69) is 10.3 Å². The van der Waals surface area contributed by atoms with Gasteiger partial charge >= 0.3 is 5.91 Å². The maximum atomic E-state index is 11.5. The Morgan fingerprint density at radius 1 is 1.57 bits per heavy atom. The highest BCUT2D eigenvalue weighted by Gasteiger charge is 2.20. The van der Waals surface area contributed by atoms with Gasteiger partial charge in [0.15, 0.2) is 0 Å². The van der Waals surface area contributed by atoms with Crippen LogP contribution in [-0.2, 0) is 0 Å². The van der Waals surface area contributed by atoms with E-state index in [0.29, 0.717) is 11.8 Å². The molecule has 0 aromatic carbocycles. The molecule has 0 aliphatic heterocycles. The smallest absolute Gasteiger partial charge is 0.307 e. The topological polar surface area (TPSA) is 55.1 Å². The molecule has 4 heteroatoms. The first-order valence-electron chi connectivity index (χ1n) is 4.99. The maximum Gasteiger partial charge on any atom is 0.307 e. The van der Waals surface area contributed by atoms with Gasteiger partial charge in [0.05, 0.1) is 6.20 Å². The lowest BCUT2D eigenvalue weighted by Crippen LogP contribution is -2.32. The van der Waals surface area contributed by atoms with Crippen LogP contribution in [0.25, 0.3) is 0 Å². The van der Waals surface area contributed by atoms with Crippen LogP contribution < -0.4 is 5.32 Å². The maximum absolute atomic E-state index is 11.5. The Kier molecular flexibility index (Phi) is 2.52. The third-order valence-electron chi connectivity index (χ3n) is 2.51. The number of nitrogens with one attached hydrogen (secondary N) is 1. The van der Waals surface area contributed by atoms with Crippen LogP contribution in [0, 0.1) is 6.92 Å². The van der Waals surface area contributed by atoms with Crippen molar-refractivity contribution >= 4 is 5.91 Å². The number of hydrogen-bond donors (Lipinski definition) is 1. The van der Waals surface area contributed by atoms with Gasteiger partial charge in [0.1, 0.15) is 5.76 Å². The number of carbonyl (C=O) groups is 1. The fourth-order valence-corrected chi connectivity index (χ4v) is 1.78. The Bertz CT molecular complexity index is 327. The Hall–Kier alpha value is -1.32. The molecule has 1 aliphatic carbocycles. The van der Waals surface area contributed by atoms with Crippen LogP contribution in [0.4, 0.5) is 0 Å². The molecule has 1 amide bonds. The number of rotatable bonds is 2. The van der Waals surface area contributed by atoms with E-state index in [0.717, 1.165) is 12.8 Å². The Labute approximate surface area is 82.7 Å². The zero-order valence-electron chi connectivity index (χ0n) is 8.25. The van der Waals surface area contributed by atoms with E-state index in [4.69, 9.17) is 4.42 Å². The Balaban J connectivity index is 1.95. The fourth-order valence-electron chi connectivity index (χ4n) is 1.78. The van der Waals surface area contributed by atoms with E-state index in [1.807, 2.05) is 0 Å². The Morgan fingerprint density at radius 3 is 2.86 bits per heavy atom. The monoisotopic (exact) mass is 194 g/mol. The van der Waals surface area contributed by atoms with Crippen molar-refractivity contribution in [1.29, 1.82) is 0 Å². The van der Waals surface area contributed by atoms with Gasteiger partial charge in [0, 0.05) is 6.04 Å². The molecule has 1 N–H and O–H groups in total. The molecule has 0 unspecified atom stereocenters. The SMILES string of the molecule is Cc1cnc(C(=O)NC2CCCC2)o1. The fraction of sp³-hybridized carbons (Fsp3) is 0.600. The van der Waals surface area contributed by atoms with E-state index < -0.39 is 0 Å². The van der Waals surface area contributed by atoms with Crippen molar-refractivity contribution in [2.75, 3.05) is 0 Å². The van der Waals surface area contributed by atoms with Crippen molar-refractivity contribution < 1.29 is 9.21 Å². The lowest BCUT2D eigenvalue weighted by atomic mass is 10.2. The minimum Gasteiger partial charge on any atom is -0.438 e. The quantitative estimate of drug-likeness (QED) is 0.778. The molecule has 1 aromatic heterocycles. The number of aryl methyl sites for hydroxylation is 1. The van der Waals surface area contributed by atoms with Gasteiger partial charge in [-0.05, 0) is 19.8 Å². The lowest BCUT2D eigenvalue weighted by Gasteiger charge is -2.08. The molecule has 1 aliphatic rings. The molecule has 0 spiro atoms. The zero-order chi connectivity index (χ0) is 9.97. The summed E-state index contributed by atoms with van der Waals surface area (Å²) in [6.07, 6.45) is 6.12. The van der Waals surface area contributed by atoms with Crippen molar-refractivity contribution in [3.8, 4) is 0 Å². The molecule has 0 saturated heterocycles. The molecular weight excluding hydrogens is 180 g/mol. The van der Waals surface area contributed by atoms with Gasteiger partial charge in [-0.2, -0.15) is 0 Å². The second kappa shape index (κ2) is 3.82. The van der Waals surface area contributed by atoms with Crippen LogP contribution in [0.5, 0.6) is 0 Å². The first kappa shape index (κ1) is 9.24. The van der Waals surface area contributed by atoms with Gasteiger partial charge in [-0.25, -0.2) is 4.98 Å². The summed E-state index contributed by atoms with van der Waals surface area (Å²) in [7, 11) is 0. The van der Waals surface area contributed by atoms with Crippen LogP contribution in [0.3, 0.4) is 0 Å². The molecule has 1 fully saturated rings. The molecule has 14 heavy (non-hydrogen) atoms. The molecule has 4 nitrogen and oxygen atoms in total. The number of hydrogen-bond acceptors (Lipinski definition) is 3. The van der Waals surface area contributed by atoms with Crippen LogP contribution in [0.2, 0.25) is 0 Å². The molecule has 0 atom stereocenters. The minimum atomic E-state index is -0.190. The van der Waals surface area contributed by atoms with Crippen molar-refractivity contribution in [3.05, 3.63) is 17.8 Å². The Morgan fingerprint density at radius 2 is 2.29 bits per heavy atom. The van der Waals surface area contributed by atoms with Crippen LogP contribution in [0.15, 0.2) is 10.6 Å². The highest BCUT2D eigenvalue weighted by Crippen LogP contribution is 2.18. The number of carbonyl (C=O) groups excluding carboxylic acids is 1. The summed E-state index contributed by atoms with van der Waals surface area (Å²) in [5.74, 6) is 0.654. The van der Waals surface area contributed by atoms with Crippen LogP contribution in [-0.4, -0.2) is 16.9 Å². The summed E-state index contributed by atoms with van der Waals surface area (Å²) in [5.41, 5.74) is 0. The first-order valence-corrected chi connectivity index (χ1v) is 4.99. The van der Waals surface area contributed by atoms with Crippen LogP contribution >= 0.6 is 0 Å². The molecule has 1 saturated carbocycles. The van der Waals surface area contributed by atoms with Gasteiger partial charge in [-0.3, -0.25) is 4.79 Å². The van der Waals surface area contributed by atoms with E-state index >= 15 is 0 Å². The summed E-state index contributed by atoms with van der Waals surface area (Å²) < 4.78 is 5.13. The minimum absolute atomic E-state index is 0.175. The summed E-state index contributed by atoms with van der Waals surface area (Å²) in [6, 6.07) is 0.315. The molecule has 1 heterocycles. The van der Waals surface area contributed by atoms with Crippen molar-refractivity contribution in [1.82, 2.24) is 10.3 Å². The second-order valence-electron chi connectivity index (χ2n) is 3.73. The van der Waals surface area contributed by atoms with Gasteiger partial charge in [0.25, 0.3) is 5.89 Å². The largest absolute Gasteiger partial charge is 0.438 e. The van der Waals surface area contributed by atoms with Crippen molar-refractivity contribution in [3.63, 3.8) is 0 Å². The summed E-state index contributed by atoms with van der Waals surface area (Å²) >= 11 is 0. The summed E-state index contributed by atoms with van der Waals surface area (Å²) in [5, 5.41) is 2.91. The van der Waals surface area contributed by atoms with Gasteiger partial charge in [-0.15, -0.1) is 0 Å². The summed E-state index contributed by atoms with van der Waals surface area (Å²) in [4.78, 5) is 15.4. The number of aromatic nitrogens is 1. The lowest BCUT2D eigenvalue weighted by molar-refractivity contribution is 0.0901. The molecule has 76 valence electrons. The van der Waals surface area contributed by atoms with Gasteiger partial charge < -0.3 is 9.73 Å². The predicted octanol–water partition coefficient (Wildman–Crippen LogP) is 1.66. The third kappa shape index (κ3) is 1.95. The average Bonchev–Trinajstić information content (AvgIpc) is 2.75. The first-order chi connectivity index (χ1) is 6.75. The molecule has 0 radical (unpaired) electrons. The van der Waals surface area contributed by atoms with E-state index in [9.17, 15) is 4.79 Å². The normalized spacial score (nSPS) is 17.2. The summed E-state index contributed by atoms with van der Waals surface area (Å²) in [6.45, 7) is 1.78. The highest BCUT2D eigenvalue weighted by atomic mass is 16.4.